The Morgan fingerprint density at radius 2 is 0.745 bits per heavy atom. The van der Waals surface area contributed by atoms with E-state index in [2.05, 4.69) is 66.7 Å². The molecule has 0 bridgehead atoms. The van der Waals surface area contributed by atoms with E-state index in [1.807, 2.05) is 54.6 Å². The lowest BCUT2D eigenvalue weighted by molar-refractivity contribution is 0.669. The van der Waals surface area contributed by atoms with Gasteiger partial charge in [-0.05, 0) is 101 Å². The number of hydrogen-bond donors (Lipinski definition) is 0. The van der Waals surface area contributed by atoms with E-state index in [9.17, 15) is 0 Å². The second-order valence-corrected chi connectivity index (χ2v) is 14.2. The van der Waals surface area contributed by atoms with Crippen LogP contribution in [0.15, 0.2) is 126 Å². The van der Waals surface area contributed by atoms with Gasteiger partial charge in [0.05, 0.1) is 0 Å². The van der Waals surface area contributed by atoms with E-state index in [0.29, 0.717) is 32.7 Å². The van der Waals surface area contributed by atoms with Gasteiger partial charge in [0, 0.05) is 10.8 Å². The summed E-state index contributed by atoms with van der Waals surface area (Å²) < 4.78 is 6.17. The molecule has 0 N–H and O–H groups in total. The second kappa shape index (κ2) is 12.4. The number of hydrogen-bond acceptors (Lipinski definition) is 1. The number of benzene rings is 9. The highest BCUT2D eigenvalue weighted by Crippen LogP contribution is 2.43. The summed E-state index contributed by atoms with van der Waals surface area (Å²) in [4.78, 5) is 0. The molecule has 1 nitrogen and oxygen atoms in total. The molecule has 10 rings (SSSR count). The van der Waals surface area contributed by atoms with Gasteiger partial charge >= 0.3 is 0 Å². The Labute approximate surface area is 329 Å². The maximum atomic E-state index is 6.98. The van der Waals surface area contributed by atoms with Crippen LogP contribution in [0.3, 0.4) is 0 Å². The molecule has 9 heteroatoms. The molecule has 0 atom stereocenters. The third-order valence-corrected chi connectivity index (χ3v) is 11.2. The summed E-state index contributed by atoms with van der Waals surface area (Å²) in [6.07, 6.45) is 0. The summed E-state index contributed by atoms with van der Waals surface area (Å²) in [5.74, 6) is 0. The van der Waals surface area contributed by atoms with Crippen molar-refractivity contribution in [2.75, 3.05) is 0 Å². The van der Waals surface area contributed by atoms with Gasteiger partial charge in [0.25, 0.3) is 0 Å². The van der Waals surface area contributed by atoms with Gasteiger partial charge in [-0.25, -0.2) is 0 Å². The van der Waals surface area contributed by atoms with Gasteiger partial charge in [-0.15, -0.1) is 21.9 Å². The van der Waals surface area contributed by atoms with E-state index in [1.165, 1.54) is 16.2 Å². The summed E-state index contributed by atoms with van der Waals surface area (Å²) in [5, 5.41) is 8.92. The molecular formula is C46H20B8O. The molecule has 10 aromatic rings. The van der Waals surface area contributed by atoms with Gasteiger partial charge in [-0.3, -0.25) is 0 Å². The first kappa shape index (κ1) is 33.9. The average molecular weight is 675 g/mol. The normalized spacial score (nSPS) is 11.9. The molecule has 55 heavy (non-hydrogen) atoms. The molecule has 0 aliphatic heterocycles. The van der Waals surface area contributed by atoms with Crippen LogP contribution in [0, 0.1) is 0 Å². The summed E-state index contributed by atoms with van der Waals surface area (Å²) >= 11 is 0. The van der Waals surface area contributed by atoms with Crippen LogP contribution < -0.4 is 43.7 Å². The fourth-order valence-corrected chi connectivity index (χ4v) is 8.43. The van der Waals surface area contributed by atoms with Crippen LogP contribution in [0.25, 0.3) is 98.4 Å². The van der Waals surface area contributed by atoms with Crippen LogP contribution in [0.2, 0.25) is 0 Å². The number of furan rings is 1. The molecule has 9 aromatic carbocycles. The van der Waals surface area contributed by atoms with Crippen LogP contribution in [0.4, 0.5) is 0 Å². The van der Waals surface area contributed by atoms with Gasteiger partial charge in [0.15, 0.2) is 0 Å². The van der Waals surface area contributed by atoms with Crippen molar-refractivity contribution in [3.05, 3.63) is 121 Å². The van der Waals surface area contributed by atoms with Gasteiger partial charge in [0.1, 0.15) is 73.9 Å². The summed E-state index contributed by atoms with van der Waals surface area (Å²) in [6, 6.07) is 41.2. The lowest BCUT2D eigenvalue weighted by atomic mass is 9.59. The van der Waals surface area contributed by atoms with Crippen molar-refractivity contribution in [2.24, 2.45) is 0 Å². The van der Waals surface area contributed by atoms with Gasteiger partial charge in [-0.1, -0.05) is 119 Å². The Morgan fingerprint density at radius 1 is 0.291 bits per heavy atom. The highest BCUT2D eigenvalue weighted by atomic mass is 16.3. The zero-order valence-electron chi connectivity index (χ0n) is 29.6. The van der Waals surface area contributed by atoms with Crippen molar-refractivity contribution < 1.29 is 4.42 Å². The highest BCUT2D eigenvalue weighted by molar-refractivity contribution is 6.71. The van der Waals surface area contributed by atoms with E-state index < -0.39 is 0 Å². The monoisotopic (exact) mass is 676 g/mol. The van der Waals surface area contributed by atoms with Gasteiger partial charge in [0.2, 0.25) is 0 Å². The Balaban J connectivity index is 1.28. The van der Waals surface area contributed by atoms with E-state index in [1.54, 1.807) is 0 Å². The Bertz CT molecular complexity index is 3210. The Hall–Kier alpha value is -5.66. The fourth-order valence-electron chi connectivity index (χ4n) is 8.43. The summed E-state index contributed by atoms with van der Waals surface area (Å²) in [7, 11) is 54.3. The molecule has 1 aromatic heterocycles. The van der Waals surface area contributed by atoms with Gasteiger partial charge < -0.3 is 4.42 Å². The molecule has 234 valence electrons. The standard InChI is InChI=1S/C46H20B8O/c47-39-35-33(23-12-9-21(10-13-23)24-15-17-28-25(19-24)14-11-22-5-1-2-6-27(22)28)36-38(42(50)46(54)44(52)40(36)48)34(37(35)41(49)45(53)43(39)51)26-16-18-32-30(20-26)29-7-3-4-8-31(29)55-32/h1-20H. The van der Waals surface area contributed by atoms with Crippen molar-refractivity contribution in [2.45, 2.75) is 0 Å². The zero-order valence-corrected chi connectivity index (χ0v) is 29.6. The number of fused-ring (bicyclic) bond motifs is 8. The van der Waals surface area contributed by atoms with E-state index in [0.717, 1.165) is 49.6 Å². The molecule has 0 aliphatic rings. The Kier molecular flexibility index (Phi) is 7.66. The largest absolute Gasteiger partial charge is 0.456 e. The molecule has 0 aliphatic carbocycles. The molecule has 0 saturated heterocycles. The molecule has 0 unspecified atom stereocenters. The summed E-state index contributed by atoms with van der Waals surface area (Å²) in [5.41, 5.74) is 8.15. The summed E-state index contributed by atoms with van der Waals surface area (Å²) in [6.45, 7) is 0. The third-order valence-electron chi connectivity index (χ3n) is 11.2. The Morgan fingerprint density at radius 3 is 1.38 bits per heavy atom. The molecule has 16 radical (unpaired) electrons. The average Bonchev–Trinajstić information content (AvgIpc) is 3.60. The van der Waals surface area contributed by atoms with Crippen molar-refractivity contribution >= 4 is 172 Å². The zero-order chi connectivity index (χ0) is 37.9. The maximum Gasteiger partial charge on any atom is 0.135 e. The van der Waals surface area contributed by atoms with E-state index >= 15 is 0 Å². The molecule has 1 heterocycles. The predicted octanol–water partition coefficient (Wildman–Crippen LogP) is 3.55. The van der Waals surface area contributed by atoms with Crippen molar-refractivity contribution in [1.29, 1.82) is 0 Å². The molecule has 0 fully saturated rings. The molecule has 0 amide bonds. The number of para-hydroxylation sites is 1. The predicted molar refractivity (Wildman–Crippen MR) is 243 cm³/mol. The SMILES string of the molecule is [B]c1c([B])c([B])c2c(-c3ccc4oc5ccccc5c4c3)c3c([B])c([B])c([B])c([B])c3c(-c3ccc(-c4ccc5c(ccc6ccccc65)c4)cc3)c2c1[B]. The van der Waals surface area contributed by atoms with Crippen molar-refractivity contribution in [1.82, 2.24) is 0 Å². The molecular weight excluding hydrogens is 655 g/mol. The second-order valence-electron chi connectivity index (χ2n) is 14.2. The molecule has 0 spiro atoms. The van der Waals surface area contributed by atoms with Gasteiger partial charge in [-0.2, -0.15) is 0 Å². The lowest BCUT2D eigenvalue weighted by Crippen LogP contribution is -2.50. The topological polar surface area (TPSA) is 13.1 Å². The minimum absolute atomic E-state index is 0.167. The first-order valence-electron chi connectivity index (χ1n) is 17.8. The minimum Gasteiger partial charge on any atom is -0.456 e. The van der Waals surface area contributed by atoms with Crippen molar-refractivity contribution in [3.8, 4) is 33.4 Å². The van der Waals surface area contributed by atoms with Crippen LogP contribution >= 0.6 is 0 Å². The maximum absolute atomic E-state index is 6.98. The van der Waals surface area contributed by atoms with Crippen LogP contribution in [-0.4, -0.2) is 62.8 Å². The van der Waals surface area contributed by atoms with E-state index in [-0.39, 0.29) is 43.7 Å². The lowest BCUT2D eigenvalue weighted by Gasteiger charge is -2.28. The van der Waals surface area contributed by atoms with Crippen LogP contribution in [0.5, 0.6) is 0 Å². The first-order chi connectivity index (χ1) is 26.6. The smallest absolute Gasteiger partial charge is 0.135 e. The number of rotatable bonds is 3. The third kappa shape index (κ3) is 4.91. The molecule has 0 saturated carbocycles. The first-order valence-corrected chi connectivity index (χ1v) is 17.8. The van der Waals surface area contributed by atoms with Crippen LogP contribution in [-0.2, 0) is 0 Å². The highest BCUT2D eigenvalue weighted by Gasteiger charge is 2.25. The van der Waals surface area contributed by atoms with Crippen LogP contribution in [0.1, 0.15) is 0 Å². The fraction of sp³-hybridized carbons (Fsp3) is 0. The van der Waals surface area contributed by atoms with E-state index in [4.69, 9.17) is 67.2 Å². The quantitative estimate of drug-likeness (QED) is 0.159. The van der Waals surface area contributed by atoms with Crippen molar-refractivity contribution in [3.63, 3.8) is 0 Å². The minimum atomic E-state index is 0.167.